The van der Waals surface area contributed by atoms with Gasteiger partial charge in [-0.05, 0) is 62.7 Å². The van der Waals surface area contributed by atoms with Gasteiger partial charge in [-0.15, -0.1) is 0 Å². The Morgan fingerprint density at radius 2 is 1.86 bits per heavy atom. The maximum absolute atomic E-state index is 12.4. The van der Waals surface area contributed by atoms with E-state index in [2.05, 4.69) is 13.8 Å². The van der Waals surface area contributed by atoms with E-state index >= 15 is 0 Å². The van der Waals surface area contributed by atoms with Crippen LogP contribution in [0.15, 0.2) is 0 Å². The maximum Gasteiger partial charge on any atom is 0.302 e. The van der Waals surface area contributed by atoms with E-state index in [1.165, 1.54) is 6.92 Å². The highest BCUT2D eigenvalue weighted by atomic mass is 16.6. The van der Waals surface area contributed by atoms with E-state index in [0.29, 0.717) is 18.3 Å². The summed E-state index contributed by atoms with van der Waals surface area (Å²) in [5.74, 6) is 1.48. The van der Waals surface area contributed by atoms with E-state index in [1.54, 1.807) is 6.92 Å². The molecule has 9 atom stereocenters. The number of esters is 1. The first-order valence-electron chi connectivity index (χ1n) is 11.0. The molecule has 0 amide bonds. The molecule has 0 radical (unpaired) electrons. The molecule has 0 bridgehead atoms. The van der Waals surface area contributed by atoms with Crippen LogP contribution in [-0.2, 0) is 23.9 Å². The normalized spacial score (nSPS) is 54.1. The third-order valence-electron chi connectivity index (χ3n) is 9.67. The van der Waals surface area contributed by atoms with Crippen LogP contribution in [0.25, 0.3) is 0 Å². The number of carbonyl (C=O) groups is 3. The Balaban J connectivity index is 1.57. The third kappa shape index (κ3) is 2.15. The summed E-state index contributed by atoms with van der Waals surface area (Å²) in [5.41, 5.74) is -0.569. The minimum Gasteiger partial charge on any atom is -0.462 e. The van der Waals surface area contributed by atoms with Crippen molar-refractivity contribution >= 4 is 17.5 Å². The molecule has 5 rings (SSSR count). The minimum absolute atomic E-state index is 0.0676. The first-order valence-corrected chi connectivity index (χ1v) is 11.0. The summed E-state index contributed by atoms with van der Waals surface area (Å²) in [6.45, 7) is 7.75. The minimum atomic E-state index is -0.339. The Hall–Kier alpha value is -1.23. The molecule has 5 heteroatoms. The van der Waals surface area contributed by atoms with E-state index in [0.717, 1.165) is 38.5 Å². The molecule has 4 saturated carbocycles. The van der Waals surface area contributed by atoms with E-state index in [9.17, 15) is 14.4 Å². The molecule has 1 spiro atoms. The molecule has 9 unspecified atom stereocenters. The molecule has 0 aromatic rings. The van der Waals surface area contributed by atoms with Crippen molar-refractivity contribution in [3.05, 3.63) is 0 Å². The highest BCUT2D eigenvalue weighted by molar-refractivity contribution is 5.88. The molecule has 0 aromatic carbocycles. The largest absolute Gasteiger partial charge is 0.462 e. The van der Waals surface area contributed by atoms with Crippen molar-refractivity contribution in [3.63, 3.8) is 0 Å². The van der Waals surface area contributed by atoms with Gasteiger partial charge in [0.25, 0.3) is 0 Å². The van der Waals surface area contributed by atoms with Gasteiger partial charge in [-0.3, -0.25) is 14.4 Å². The highest BCUT2D eigenvalue weighted by Gasteiger charge is 2.78. The van der Waals surface area contributed by atoms with Gasteiger partial charge in [-0.25, -0.2) is 0 Å². The molecular formula is C23H32O5. The summed E-state index contributed by atoms with van der Waals surface area (Å²) < 4.78 is 12.1. The van der Waals surface area contributed by atoms with Crippen LogP contribution in [0.3, 0.4) is 0 Å². The third-order valence-corrected chi connectivity index (χ3v) is 9.67. The number of epoxide rings is 1. The van der Waals surface area contributed by atoms with Gasteiger partial charge in [0.1, 0.15) is 23.6 Å². The Morgan fingerprint density at radius 3 is 2.54 bits per heavy atom. The predicted octanol–water partition coefficient (Wildman–Crippen LogP) is 3.48. The van der Waals surface area contributed by atoms with E-state index < -0.39 is 0 Å². The molecule has 5 fully saturated rings. The molecule has 1 saturated heterocycles. The Bertz CT molecular complexity index is 760. The highest BCUT2D eigenvalue weighted by Crippen LogP contribution is 2.73. The molecule has 1 heterocycles. The fourth-order valence-corrected chi connectivity index (χ4v) is 8.57. The first-order chi connectivity index (χ1) is 13.1. The average molecular weight is 389 g/mol. The van der Waals surface area contributed by atoms with Crippen LogP contribution in [-0.4, -0.2) is 35.3 Å². The maximum atomic E-state index is 12.4. The second kappa shape index (κ2) is 5.68. The number of fused-ring (bicyclic) bond motifs is 4. The molecule has 5 aliphatic rings. The first kappa shape index (κ1) is 18.8. The van der Waals surface area contributed by atoms with Gasteiger partial charge in [-0.2, -0.15) is 0 Å². The van der Waals surface area contributed by atoms with Crippen molar-refractivity contribution < 1.29 is 23.9 Å². The summed E-state index contributed by atoms with van der Waals surface area (Å²) in [6.07, 6.45) is 5.67. The fourth-order valence-electron chi connectivity index (χ4n) is 8.57. The van der Waals surface area contributed by atoms with Crippen LogP contribution in [0.1, 0.15) is 72.6 Å². The van der Waals surface area contributed by atoms with Crippen LogP contribution in [0.4, 0.5) is 0 Å². The van der Waals surface area contributed by atoms with Crippen LogP contribution < -0.4 is 0 Å². The average Bonchev–Trinajstić information content (AvgIpc) is 3.25. The smallest absolute Gasteiger partial charge is 0.302 e. The molecule has 0 aromatic heterocycles. The van der Waals surface area contributed by atoms with Crippen molar-refractivity contribution in [3.8, 4) is 0 Å². The number of ether oxygens (including phenoxy) is 2. The molecular weight excluding hydrogens is 356 g/mol. The summed E-state index contributed by atoms with van der Waals surface area (Å²) >= 11 is 0. The number of carbonyl (C=O) groups excluding carboxylic acids is 3. The standard InChI is InChI=1S/C23H32O5/c1-12(24)15-5-6-16-14-7-10-23-20(28-23)17(26)8-9-22(23,4)19(14)18(27-13(2)25)11-21(15,16)3/h14-16,18-20H,5-11H2,1-4H3. The van der Waals surface area contributed by atoms with Gasteiger partial charge >= 0.3 is 5.97 Å². The topological polar surface area (TPSA) is 73.0 Å². The monoisotopic (exact) mass is 388 g/mol. The van der Waals surface area contributed by atoms with Crippen LogP contribution in [0.5, 0.6) is 0 Å². The number of Topliss-reactive ketones (excluding diaryl/α,β-unsaturated/α-hetero) is 2. The van der Waals surface area contributed by atoms with Gasteiger partial charge in [0.05, 0.1) is 0 Å². The van der Waals surface area contributed by atoms with Crippen LogP contribution in [0, 0.1) is 34.5 Å². The second-order valence-corrected chi connectivity index (χ2v) is 10.7. The number of hydrogen-bond acceptors (Lipinski definition) is 5. The van der Waals surface area contributed by atoms with E-state index in [1.807, 2.05) is 0 Å². The molecule has 154 valence electrons. The van der Waals surface area contributed by atoms with Crippen LogP contribution in [0.2, 0.25) is 0 Å². The predicted molar refractivity (Wildman–Crippen MR) is 101 cm³/mol. The molecule has 28 heavy (non-hydrogen) atoms. The Morgan fingerprint density at radius 1 is 1.11 bits per heavy atom. The summed E-state index contributed by atoms with van der Waals surface area (Å²) in [5, 5.41) is 0. The van der Waals surface area contributed by atoms with E-state index in [4.69, 9.17) is 9.47 Å². The van der Waals surface area contributed by atoms with Gasteiger partial charge in [0.2, 0.25) is 0 Å². The van der Waals surface area contributed by atoms with Gasteiger partial charge in [0, 0.05) is 30.6 Å². The zero-order valence-electron chi connectivity index (χ0n) is 17.5. The van der Waals surface area contributed by atoms with Crippen molar-refractivity contribution in [2.24, 2.45) is 34.5 Å². The van der Waals surface area contributed by atoms with Crippen LogP contribution >= 0.6 is 0 Å². The number of ketones is 2. The van der Waals surface area contributed by atoms with Gasteiger partial charge < -0.3 is 9.47 Å². The quantitative estimate of drug-likeness (QED) is 0.535. The molecule has 1 aliphatic heterocycles. The van der Waals surface area contributed by atoms with Crippen molar-refractivity contribution in [1.29, 1.82) is 0 Å². The van der Waals surface area contributed by atoms with E-state index in [-0.39, 0.29) is 58.0 Å². The van der Waals surface area contributed by atoms with Gasteiger partial charge in [-0.1, -0.05) is 13.8 Å². The second-order valence-electron chi connectivity index (χ2n) is 10.7. The lowest BCUT2D eigenvalue weighted by Crippen LogP contribution is -2.63. The van der Waals surface area contributed by atoms with Crippen molar-refractivity contribution in [2.45, 2.75) is 90.4 Å². The molecule has 4 aliphatic carbocycles. The Kier molecular flexibility index (Phi) is 3.81. The zero-order valence-corrected chi connectivity index (χ0v) is 17.5. The lowest BCUT2D eigenvalue weighted by atomic mass is 9.43. The van der Waals surface area contributed by atoms with Gasteiger partial charge in [0.15, 0.2) is 5.78 Å². The summed E-state index contributed by atoms with van der Waals surface area (Å²) in [7, 11) is 0. The number of hydrogen-bond donors (Lipinski definition) is 0. The van der Waals surface area contributed by atoms with Crippen molar-refractivity contribution in [2.75, 3.05) is 0 Å². The summed E-state index contributed by atoms with van der Waals surface area (Å²) in [4.78, 5) is 36.8. The van der Waals surface area contributed by atoms with Crippen molar-refractivity contribution in [1.82, 2.24) is 0 Å². The number of rotatable bonds is 2. The lowest BCUT2D eigenvalue weighted by molar-refractivity contribution is -0.193. The fraction of sp³-hybridized carbons (Fsp3) is 0.870. The summed E-state index contributed by atoms with van der Waals surface area (Å²) in [6, 6.07) is 0. The molecule has 5 nitrogen and oxygen atoms in total. The zero-order chi connectivity index (χ0) is 20.1. The molecule has 0 N–H and O–H groups in total. The SMILES string of the molecule is CC(=O)OC1CC2(C)C(C(C)=O)CCC2C2CCC34OC3C(=O)CCC4(C)C12. The lowest BCUT2D eigenvalue weighted by Gasteiger charge is -2.61. The Labute approximate surface area is 166 Å².